The Balaban J connectivity index is 1.83. The van der Waals surface area contributed by atoms with Crippen molar-refractivity contribution in [1.82, 2.24) is 20.3 Å². The second kappa shape index (κ2) is 8.09. The summed E-state index contributed by atoms with van der Waals surface area (Å²) in [7, 11) is 1.84. The van der Waals surface area contributed by atoms with Crippen LogP contribution >= 0.6 is 11.6 Å². The molecule has 7 heteroatoms. The van der Waals surface area contributed by atoms with E-state index in [1.54, 1.807) is 0 Å². The van der Waals surface area contributed by atoms with Crippen molar-refractivity contribution in [3.63, 3.8) is 0 Å². The minimum absolute atomic E-state index is 0.0915. The number of rotatable bonds is 5. The number of allylic oxidation sites excluding steroid dienone is 1. The largest absolute Gasteiger partial charge is 0.393 e. The molecule has 29 heavy (non-hydrogen) atoms. The van der Waals surface area contributed by atoms with Crippen LogP contribution in [0.25, 0.3) is 16.8 Å². The highest BCUT2D eigenvalue weighted by molar-refractivity contribution is 6.30. The summed E-state index contributed by atoms with van der Waals surface area (Å²) in [6.45, 7) is 2.77. The molecule has 2 aromatic carbocycles. The van der Waals surface area contributed by atoms with E-state index in [-0.39, 0.29) is 6.04 Å². The van der Waals surface area contributed by atoms with Gasteiger partial charge in [-0.25, -0.2) is 4.68 Å². The number of hydrogen-bond donors (Lipinski definition) is 3. The van der Waals surface area contributed by atoms with Gasteiger partial charge in [-0.3, -0.25) is 0 Å². The van der Waals surface area contributed by atoms with Crippen LogP contribution < -0.4 is 10.6 Å². The zero-order chi connectivity index (χ0) is 20.4. The second-order valence-electron chi connectivity index (χ2n) is 7.07. The van der Waals surface area contributed by atoms with Gasteiger partial charge in [0.1, 0.15) is 0 Å². The fourth-order valence-electron chi connectivity index (χ4n) is 3.80. The number of anilines is 1. The maximum Gasteiger partial charge on any atom is 0.0918 e. The van der Waals surface area contributed by atoms with Crippen molar-refractivity contribution in [2.45, 2.75) is 25.9 Å². The lowest BCUT2D eigenvalue weighted by atomic mass is 9.92. The number of nitrogens with one attached hydrogen (secondary N) is 3. The van der Waals surface area contributed by atoms with E-state index in [1.165, 1.54) is 11.8 Å². The minimum atomic E-state index is 0.0915. The Kier molecular flexibility index (Phi) is 5.36. The standard InChI is InChI=1S/C22H23ClN6/c1-14-22-19-8-3-15(16(12-24)13-25-2)11-20(19)21(9-10-29(22)28-27-14)26-18-6-4-17(23)5-7-18/h3-8,11-13,21,24-26H,9-10H2,1-2H3/b16-13+,24-12?. The second-order valence-corrected chi connectivity index (χ2v) is 7.51. The predicted octanol–water partition coefficient (Wildman–Crippen LogP) is 4.67. The molecule has 1 atom stereocenters. The molecule has 0 spiro atoms. The molecule has 4 rings (SSSR count). The highest BCUT2D eigenvalue weighted by atomic mass is 35.5. The van der Waals surface area contributed by atoms with Gasteiger partial charge in [0, 0.05) is 47.9 Å². The highest BCUT2D eigenvalue weighted by Gasteiger charge is 2.25. The molecule has 0 amide bonds. The summed E-state index contributed by atoms with van der Waals surface area (Å²) in [6, 6.07) is 14.2. The number of benzene rings is 2. The van der Waals surface area contributed by atoms with Crippen LogP contribution in [-0.4, -0.2) is 28.3 Å². The number of aromatic nitrogens is 3. The molecule has 1 unspecified atom stereocenters. The fraction of sp³-hybridized carbons (Fsp3) is 0.227. The van der Waals surface area contributed by atoms with E-state index in [2.05, 4.69) is 39.1 Å². The van der Waals surface area contributed by atoms with Crippen LogP contribution in [0.1, 0.15) is 29.3 Å². The SMILES string of the molecule is CN/C=C(\C=N)c1ccc2c(c1)C(Nc1ccc(Cl)cc1)CCn1nnc(C)c1-2. The number of aryl methyl sites for hydroxylation is 2. The van der Waals surface area contributed by atoms with Gasteiger partial charge in [0.25, 0.3) is 0 Å². The topological polar surface area (TPSA) is 78.6 Å². The molecule has 0 bridgehead atoms. The predicted molar refractivity (Wildman–Crippen MR) is 118 cm³/mol. The first-order valence-electron chi connectivity index (χ1n) is 9.55. The van der Waals surface area contributed by atoms with Crippen molar-refractivity contribution in [1.29, 1.82) is 5.41 Å². The maximum absolute atomic E-state index is 7.77. The summed E-state index contributed by atoms with van der Waals surface area (Å²) < 4.78 is 1.98. The van der Waals surface area contributed by atoms with Crippen LogP contribution in [0.4, 0.5) is 5.69 Å². The van der Waals surface area contributed by atoms with Gasteiger partial charge in [-0.05, 0) is 54.8 Å². The monoisotopic (exact) mass is 406 g/mol. The summed E-state index contributed by atoms with van der Waals surface area (Å²) in [4.78, 5) is 0. The Labute approximate surface area is 175 Å². The van der Waals surface area contributed by atoms with Gasteiger partial charge in [0.05, 0.1) is 17.4 Å². The van der Waals surface area contributed by atoms with Crippen molar-refractivity contribution >= 4 is 29.1 Å². The Morgan fingerprint density at radius 1 is 1.24 bits per heavy atom. The Morgan fingerprint density at radius 3 is 2.76 bits per heavy atom. The van der Waals surface area contributed by atoms with E-state index >= 15 is 0 Å². The van der Waals surface area contributed by atoms with E-state index in [0.717, 1.165) is 46.7 Å². The van der Waals surface area contributed by atoms with Crippen molar-refractivity contribution in [2.24, 2.45) is 0 Å². The van der Waals surface area contributed by atoms with Crippen LogP contribution in [0.15, 0.2) is 48.7 Å². The number of halogens is 1. The van der Waals surface area contributed by atoms with Gasteiger partial charge < -0.3 is 16.0 Å². The molecule has 1 aliphatic rings. The van der Waals surface area contributed by atoms with Crippen LogP contribution in [0.2, 0.25) is 5.02 Å². The summed E-state index contributed by atoms with van der Waals surface area (Å²) in [5, 5.41) is 23.8. The molecule has 0 saturated heterocycles. The van der Waals surface area contributed by atoms with Crippen LogP contribution in [-0.2, 0) is 6.54 Å². The first kappa shape index (κ1) is 19.2. The molecule has 148 valence electrons. The number of fused-ring (bicyclic) bond motifs is 3. The van der Waals surface area contributed by atoms with Crippen molar-refractivity contribution in [3.8, 4) is 11.3 Å². The third-order valence-corrected chi connectivity index (χ3v) is 5.44. The number of nitrogens with zero attached hydrogens (tertiary/aromatic N) is 3. The quantitative estimate of drug-likeness (QED) is 0.538. The van der Waals surface area contributed by atoms with Crippen molar-refractivity contribution in [2.75, 3.05) is 12.4 Å². The van der Waals surface area contributed by atoms with Gasteiger partial charge in [-0.15, -0.1) is 5.10 Å². The highest BCUT2D eigenvalue weighted by Crippen LogP contribution is 2.38. The molecular weight excluding hydrogens is 384 g/mol. The van der Waals surface area contributed by atoms with E-state index in [1.807, 2.05) is 49.1 Å². The third-order valence-electron chi connectivity index (χ3n) is 5.19. The van der Waals surface area contributed by atoms with E-state index in [9.17, 15) is 0 Å². The molecule has 6 nitrogen and oxygen atoms in total. The zero-order valence-corrected chi connectivity index (χ0v) is 17.2. The van der Waals surface area contributed by atoms with Crippen LogP contribution in [0, 0.1) is 12.3 Å². The molecule has 0 fully saturated rings. The average molecular weight is 407 g/mol. The maximum atomic E-state index is 7.77. The first-order chi connectivity index (χ1) is 14.1. The summed E-state index contributed by atoms with van der Waals surface area (Å²) >= 11 is 6.05. The molecule has 2 heterocycles. The first-order valence-corrected chi connectivity index (χ1v) is 9.93. The Morgan fingerprint density at radius 2 is 2.03 bits per heavy atom. The van der Waals surface area contributed by atoms with Crippen molar-refractivity contribution in [3.05, 3.63) is 70.5 Å². The summed E-state index contributed by atoms with van der Waals surface area (Å²) in [6.07, 6.45) is 4.07. The van der Waals surface area contributed by atoms with Gasteiger partial charge in [0.2, 0.25) is 0 Å². The molecule has 0 aliphatic carbocycles. The smallest absolute Gasteiger partial charge is 0.0918 e. The summed E-state index contributed by atoms with van der Waals surface area (Å²) in [5.41, 5.74) is 7.11. The zero-order valence-electron chi connectivity index (χ0n) is 16.4. The van der Waals surface area contributed by atoms with Gasteiger partial charge in [0.15, 0.2) is 0 Å². The van der Waals surface area contributed by atoms with Crippen molar-refractivity contribution < 1.29 is 0 Å². The van der Waals surface area contributed by atoms with E-state index in [0.29, 0.717) is 5.02 Å². The molecular formula is C22H23ClN6. The minimum Gasteiger partial charge on any atom is -0.393 e. The molecule has 1 aliphatic heterocycles. The van der Waals surface area contributed by atoms with Crippen LogP contribution in [0.3, 0.4) is 0 Å². The Bertz CT molecular complexity index is 1070. The normalized spacial score (nSPS) is 15.8. The molecule has 3 aromatic rings. The molecule has 0 saturated carbocycles. The van der Waals surface area contributed by atoms with Gasteiger partial charge in [-0.1, -0.05) is 28.9 Å². The van der Waals surface area contributed by atoms with Crippen LogP contribution in [0.5, 0.6) is 0 Å². The molecule has 3 N–H and O–H groups in total. The number of hydrogen-bond acceptors (Lipinski definition) is 5. The summed E-state index contributed by atoms with van der Waals surface area (Å²) in [5.74, 6) is 0. The van der Waals surface area contributed by atoms with Gasteiger partial charge in [-0.2, -0.15) is 0 Å². The lowest BCUT2D eigenvalue weighted by molar-refractivity contribution is 0.539. The lowest BCUT2D eigenvalue weighted by Gasteiger charge is -2.21. The van der Waals surface area contributed by atoms with Gasteiger partial charge >= 0.3 is 0 Å². The third kappa shape index (κ3) is 3.76. The Hall–Kier alpha value is -3.12. The fourth-order valence-corrected chi connectivity index (χ4v) is 3.93. The lowest BCUT2D eigenvalue weighted by Crippen LogP contribution is -2.13. The van der Waals surface area contributed by atoms with E-state index in [4.69, 9.17) is 17.0 Å². The van der Waals surface area contributed by atoms with E-state index < -0.39 is 0 Å². The molecule has 0 radical (unpaired) electrons. The molecule has 1 aromatic heterocycles. The average Bonchev–Trinajstić information content (AvgIpc) is 3.02.